The maximum atomic E-state index is 6.17. The first-order valence-electron chi connectivity index (χ1n) is 10.3. The lowest BCUT2D eigenvalue weighted by Crippen LogP contribution is -2.45. The van der Waals surface area contributed by atoms with E-state index in [4.69, 9.17) is 4.74 Å². The Morgan fingerprint density at radius 2 is 2.00 bits per heavy atom. The number of ether oxygens (including phenoxy) is 1. The highest BCUT2D eigenvalue weighted by molar-refractivity contribution is 14.0. The minimum Gasteiger partial charge on any atom is -0.373 e. The lowest BCUT2D eigenvalue weighted by Gasteiger charge is -2.38. The molecule has 0 aromatic heterocycles. The maximum Gasteiger partial charge on any atom is 0.193 e. The third kappa shape index (κ3) is 4.61. The molecule has 3 aliphatic rings. The number of guanidine groups is 1. The number of nitrogens with zero attached hydrogens (tertiary/aromatic N) is 2. The Hall–Kier alpha value is -0.820. The van der Waals surface area contributed by atoms with Gasteiger partial charge in [-0.1, -0.05) is 36.2 Å². The largest absolute Gasteiger partial charge is 0.373 e. The predicted octanol–water partition coefficient (Wildman–Crippen LogP) is 4.53. The van der Waals surface area contributed by atoms with Crippen molar-refractivity contribution in [1.82, 2.24) is 10.2 Å². The summed E-state index contributed by atoms with van der Waals surface area (Å²) in [7, 11) is 1.92. The standard InChI is InChI=1S/C22H33N3O.HI/c1-17-6-8-18(9-7-17)20-19(5-3-14-26-20)15-24-21(23-2)25-13-12-22(16-25)10-4-11-22;/h6-9,19-20H,3-5,10-16H2,1-2H3,(H,23,24);1H. The molecule has 0 amide bonds. The van der Waals surface area contributed by atoms with Gasteiger partial charge >= 0.3 is 0 Å². The van der Waals surface area contributed by atoms with Crippen LogP contribution >= 0.6 is 24.0 Å². The van der Waals surface area contributed by atoms with Gasteiger partial charge in [0.05, 0.1) is 6.10 Å². The summed E-state index contributed by atoms with van der Waals surface area (Å²) in [6.07, 6.45) is 8.14. The molecule has 3 fully saturated rings. The first-order chi connectivity index (χ1) is 12.7. The van der Waals surface area contributed by atoms with Gasteiger partial charge < -0.3 is 15.0 Å². The highest BCUT2D eigenvalue weighted by atomic mass is 127. The fourth-order valence-corrected chi connectivity index (χ4v) is 4.93. The minimum absolute atomic E-state index is 0. The zero-order valence-corrected chi connectivity index (χ0v) is 19.1. The van der Waals surface area contributed by atoms with Gasteiger partial charge in [0.2, 0.25) is 0 Å². The summed E-state index contributed by atoms with van der Waals surface area (Å²) >= 11 is 0. The zero-order valence-electron chi connectivity index (χ0n) is 16.7. The summed E-state index contributed by atoms with van der Waals surface area (Å²) in [4.78, 5) is 7.05. The molecule has 1 saturated carbocycles. The fraction of sp³-hybridized carbons (Fsp3) is 0.682. The van der Waals surface area contributed by atoms with Crippen LogP contribution in [0.5, 0.6) is 0 Å². The molecule has 2 aliphatic heterocycles. The normalized spacial score (nSPS) is 27.2. The molecule has 1 aromatic rings. The second-order valence-electron chi connectivity index (χ2n) is 8.56. The molecule has 4 nitrogen and oxygen atoms in total. The maximum absolute atomic E-state index is 6.17. The van der Waals surface area contributed by atoms with Gasteiger partial charge in [0.1, 0.15) is 0 Å². The quantitative estimate of drug-likeness (QED) is 0.390. The van der Waals surface area contributed by atoms with E-state index in [-0.39, 0.29) is 30.1 Å². The van der Waals surface area contributed by atoms with E-state index in [2.05, 4.69) is 46.4 Å². The Morgan fingerprint density at radius 3 is 2.63 bits per heavy atom. The second-order valence-corrected chi connectivity index (χ2v) is 8.56. The Kier molecular flexibility index (Phi) is 7.06. The summed E-state index contributed by atoms with van der Waals surface area (Å²) in [6.45, 7) is 6.30. The molecule has 1 aliphatic carbocycles. The molecule has 2 atom stereocenters. The van der Waals surface area contributed by atoms with E-state index in [1.807, 2.05) is 7.05 Å². The first-order valence-corrected chi connectivity index (χ1v) is 10.3. The van der Waals surface area contributed by atoms with Gasteiger partial charge in [0.25, 0.3) is 0 Å². The number of aliphatic imine (C=N–C) groups is 1. The molecule has 150 valence electrons. The Labute approximate surface area is 181 Å². The number of aryl methyl sites for hydroxylation is 1. The van der Waals surface area contributed by atoms with E-state index in [0.29, 0.717) is 11.3 Å². The average Bonchev–Trinajstić information content (AvgIpc) is 3.10. The number of likely N-dealkylation sites (tertiary alicyclic amines) is 1. The van der Waals surface area contributed by atoms with Crippen molar-refractivity contribution in [3.63, 3.8) is 0 Å². The van der Waals surface area contributed by atoms with Crippen molar-refractivity contribution in [3.05, 3.63) is 35.4 Å². The SMILES string of the molecule is CN=C(NCC1CCCOC1c1ccc(C)cc1)N1CCC2(CCC2)C1.I. The van der Waals surface area contributed by atoms with Crippen LogP contribution in [0.2, 0.25) is 0 Å². The van der Waals surface area contributed by atoms with Gasteiger partial charge in [-0.05, 0) is 50.0 Å². The molecule has 27 heavy (non-hydrogen) atoms. The number of halogens is 1. The van der Waals surface area contributed by atoms with Gasteiger partial charge in [-0.3, -0.25) is 4.99 Å². The van der Waals surface area contributed by atoms with Crippen LogP contribution in [0.4, 0.5) is 0 Å². The number of hydrogen-bond donors (Lipinski definition) is 1. The smallest absolute Gasteiger partial charge is 0.193 e. The second kappa shape index (κ2) is 9.12. The topological polar surface area (TPSA) is 36.9 Å². The molecular weight excluding hydrogens is 449 g/mol. The van der Waals surface area contributed by atoms with Crippen molar-refractivity contribution in [2.75, 3.05) is 33.3 Å². The van der Waals surface area contributed by atoms with Crippen molar-refractivity contribution in [1.29, 1.82) is 0 Å². The van der Waals surface area contributed by atoms with Gasteiger partial charge in [-0.2, -0.15) is 0 Å². The summed E-state index contributed by atoms with van der Waals surface area (Å²) in [6, 6.07) is 8.85. The van der Waals surface area contributed by atoms with Crippen LogP contribution in [0.3, 0.4) is 0 Å². The van der Waals surface area contributed by atoms with E-state index < -0.39 is 0 Å². The Morgan fingerprint density at radius 1 is 1.22 bits per heavy atom. The molecule has 1 N–H and O–H groups in total. The molecule has 5 heteroatoms. The van der Waals surface area contributed by atoms with Crippen LogP contribution in [0.1, 0.15) is 55.8 Å². The van der Waals surface area contributed by atoms with E-state index in [0.717, 1.165) is 32.1 Å². The minimum atomic E-state index is 0. The van der Waals surface area contributed by atoms with Gasteiger partial charge in [-0.15, -0.1) is 24.0 Å². The van der Waals surface area contributed by atoms with Crippen LogP contribution in [0.15, 0.2) is 29.3 Å². The molecule has 2 heterocycles. The van der Waals surface area contributed by atoms with Crippen LogP contribution in [0.25, 0.3) is 0 Å². The van der Waals surface area contributed by atoms with E-state index >= 15 is 0 Å². The Bertz CT molecular complexity index is 641. The first kappa shape index (κ1) is 20.9. The Balaban J connectivity index is 0.00000210. The fourth-order valence-electron chi connectivity index (χ4n) is 4.93. The molecule has 1 spiro atoms. The van der Waals surface area contributed by atoms with Crippen molar-refractivity contribution in [2.24, 2.45) is 16.3 Å². The highest BCUT2D eigenvalue weighted by Gasteiger charge is 2.43. The third-order valence-electron chi connectivity index (χ3n) is 6.74. The van der Waals surface area contributed by atoms with Crippen molar-refractivity contribution in [2.45, 2.75) is 51.6 Å². The van der Waals surface area contributed by atoms with Crippen LogP contribution < -0.4 is 5.32 Å². The van der Waals surface area contributed by atoms with Gasteiger partial charge in [0.15, 0.2) is 5.96 Å². The number of nitrogens with one attached hydrogen (secondary N) is 1. The van der Waals surface area contributed by atoms with Crippen LogP contribution in [0, 0.1) is 18.3 Å². The molecule has 0 bridgehead atoms. The molecule has 4 rings (SSSR count). The summed E-state index contributed by atoms with van der Waals surface area (Å²) in [5.74, 6) is 1.59. The molecule has 1 aromatic carbocycles. The summed E-state index contributed by atoms with van der Waals surface area (Å²) in [5.41, 5.74) is 3.22. The monoisotopic (exact) mass is 483 g/mol. The predicted molar refractivity (Wildman–Crippen MR) is 122 cm³/mol. The molecular formula is C22H34IN3O. The third-order valence-corrected chi connectivity index (χ3v) is 6.74. The lowest BCUT2D eigenvalue weighted by atomic mass is 9.68. The van der Waals surface area contributed by atoms with Crippen molar-refractivity contribution in [3.8, 4) is 0 Å². The molecule has 0 radical (unpaired) electrons. The van der Waals surface area contributed by atoms with Crippen molar-refractivity contribution < 1.29 is 4.74 Å². The van der Waals surface area contributed by atoms with Crippen LogP contribution in [-0.4, -0.2) is 44.1 Å². The molecule has 2 saturated heterocycles. The van der Waals surface area contributed by atoms with Crippen LogP contribution in [-0.2, 0) is 4.74 Å². The number of benzene rings is 1. The zero-order chi connectivity index (χ0) is 18.0. The highest BCUT2D eigenvalue weighted by Crippen LogP contribution is 2.47. The van der Waals surface area contributed by atoms with E-state index in [1.54, 1.807) is 0 Å². The summed E-state index contributed by atoms with van der Waals surface area (Å²) in [5, 5.41) is 3.67. The number of rotatable bonds is 3. The van der Waals surface area contributed by atoms with Crippen molar-refractivity contribution >= 4 is 29.9 Å². The molecule has 2 unspecified atom stereocenters. The average molecular weight is 483 g/mol. The lowest BCUT2D eigenvalue weighted by molar-refractivity contribution is -0.0266. The number of hydrogen-bond acceptors (Lipinski definition) is 2. The van der Waals surface area contributed by atoms with Gasteiger partial charge in [-0.25, -0.2) is 0 Å². The van der Waals surface area contributed by atoms with E-state index in [1.165, 1.54) is 49.8 Å². The summed E-state index contributed by atoms with van der Waals surface area (Å²) < 4.78 is 6.17. The van der Waals surface area contributed by atoms with Gasteiger partial charge in [0, 0.05) is 39.2 Å². The van der Waals surface area contributed by atoms with E-state index in [9.17, 15) is 0 Å².